The van der Waals surface area contributed by atoms with Crippen LogP contribution in [-0.2, 0) is 11.8 Å². The summed E-state index contributed by atoms with van der Waals surface area (Å²) in [6.07, 6.45) is 0.917. The Labute approximate surface area is 241 Å². The van der Waals surface area contributed by atoms with Gasteiger partial charge in [0.05, 0.1) is 11.0 Å². The van der Waals surface area contributed by atoms with E-state index in [1.54, 1.807) is 0 Å². The number of hydrogen-bond donors (Lipinski definition) is 0. The first-order chi connectivity index (χ1) is 20.1. The van der Waals surface area contributed by atoms with Crippen LogP contribution >= 0.6 is 0 Å². The predicted molar refractivity (Wildman–Crippen MR) is 173 cm³/mol. The lowest BCUT2D eigenvalue weighted by molar-refractivity contribution is 0.659. The zero-order chi connectivity index (χ0) is 27.6. The van der Waals surface area contributed by atoms with Gasteiger partial charge in [0.25, 0.3) is 0 Å². The van der Waals surface area contributed by atoms with Gasteiger partial charge in [0, 0.05) is 21.9 Å². The maximum absolute atomic E-state index is 2.44. The highest BCUT2D eigenvalue weighted by Gasteiger charge is 2.35. The topological polar surface area (TPSA) is 4.93 Å². The van der Waals surface area contributed by atoms with Crippen molar-refractivity contribution in [3.63, 3.8) is 0 Å². The van der Waals surface area contributed by atoms with Crippen molar-refractivity contribution in [2.45, 2.75) is 25.7 Å². The molecule has 0 spiro atoms. The number of fused-ring (bicyclic) bond motifs is 6. The summed E-state index contributed by atoms with van der Waals surface area (Å²) in [6.45, 7) is 4.71. The molecule has 1 heteroatoms. The molecule has 0 aliphatic heterocycles. The van der Waals surface area contributed by atoms with Gasteiger partial charge in [0.2, 0.25) is 0 Å². The lowest BCUT2D eigenvalue weighted by Gasteiger charge is -2.22. The molecule has 196 valence electrons. The number of benzene rings is 6. The molecule has 0 bridgehead atoms. The molecule has 0 saturated heterocycles. The molecule has 1 nitrogen and oxygen atoms in total. The Hall–Kier alpha value is -4.88. The molecule has 7 aromatic rings. The van der Waals surface area contributed by atoms with Gasteiger partial charge in [-0.2, -0.15) is 0 Å². The second-order valence-corrected chi connectivity index (χ2v) is 11.8. The summed E-state index contributed by atoms with van der Waals surface area (Å²) in [7, 11) is 0. The maximum Gasteiger partial charge on any atom is 0.0547 e. The molecule has 0 atom stereocenters. The zero-order valence-corrected chi connectivity index (χ0v) is 23.4. The predicted octanol–water partition coefficient (Wildman–Crippen LogP) is 10.3. The Kier molecular flexibility index (Phi) is 5.30. The average molecular weight is 526 g/mol. The molecule has 41 heavy (non-hydrogen) atoms. The van der Waals surface area contributed by atoms with Gasteiger partial charge in [0.15, 0.2) is 0 Å². The standard InChI is InChI=1S/C40H31N/c1-40(2)36-17-8-6-15-32(36)33-21-19-28(25-37(33)40)23-27-11-10-12-29(24-27)30-20-22-35-34-16-7-9-18-38(34)41(39(35)26-30)31-13-4-3-5-14-31/h3-22,24-26H,23H2,1-2H3. The zero-order valence-electron chi connectivity index (χ0n) is 23.4. The first kappa shape index (κ1) is 24.0. The van der Waals surface area contributed by atoms with E-state index in [4.69, 9.17) is 0 Å². The summed E-state index contributed by atoms with van der Waals surface area (Å²) < 4.78 is 2.39. The summed E-state index contributed by atoms with van der Waals surface area (Å²) in [5.41, 5.74) is 14.5. The molecule has 1 heterocycles. The molecule has 1 aromatic heterocycles. The van der Waals surface area contributed by atoms with Crippen LogP contribution in [0.4, 0.5) is 0 Å². The molecule has 1 aliphatic rings. The first-order valence-electron chi connectivity index (χ1n) is 14.5. The van der Waals surface area contributed by atoms with Gasteiger partial charge in [-0.05, 0) is 75.2 Å². The molecule has 0 radical (unpaired) electrons. The van der Waals surface area contributed by atoms with E-state index in [-0.39, 0.29) is 5.41 Å². The Balaban J connectivity index is 1.18. The molecule has 0 fully saturated rings. The van der Waals surface area contributed by atoms with Crippen LogP contribution in [0, 0.1) is 0 Å². The second kappa shape index (κ2) is 9.08. The average Bonchev–Trinajstić information content (AvgIpc) is 3.46. The molecule has 0 N–H and O–H groups in total. The maximum atomic E-state index is 2.44. The van der Waals surface area contributed by atoms with Crippen molar-refractivity contribution in [3.05, 3.63) is 162 Å². The van der Waals surface area contributed by atoms with Crippen molar-refractivity contribution < 1.29 is 0 Å². The molecule has 1 aliphatic carbocycles. The van der Waals surface area contributed by atoms with Gasteiger partial charge in [-0.3, -0.25) is 0 Å². The highest BCUT2D eigenvalue weighted by Crippen LogP contribution is 2.48. The van der Waals surface area contributed by atoms with Gasteiger partial charge in [-0.15, -0.1) is 0 Å². The van der Waals surface area contributed by atoms with E-state index in [9.17, 15) is 0 Å². The fourth-order valence-corrected chi connectivity index (χ4v) is 6.96. The van der Waals surface area contributed by atoms with Crippen LogP contribution in [-0.4, -0.2) is 4.57 Å². The van der Waals surface area contributed by atoms with E-state index in [0.29, 0.717) is 0 Å². The van der Waals surface area contributed by atoms with Crippen LogP contribution in [0.25, 0.3) is 49.7 Å². The summed E-state index contributed by atoms with van der Waals surface area (Å²) in [5.74, 6) is 0. The van der Waals surface area contributed by atoms with Gasteiger partial charge >= 0.3 is 0 Å². The minimum Gasteiger partial charge on any atom is -0.309 e. The molecule has 0 unspecified atom stereocenters. The van der Waals surface area contributed by atoms with Crippen LogP contribution in [0.2, 0.25) is 0 Å². The largest absolute Gasteiger partial charge is 0.309 e. The lowest BCUT2D eigenvalue weighted by atomic mass is 9.81. The van der Waals surface area contributed by atoms with Gasteiger partial charge in [0.1, 0.15) is 0 Å². The summed E-state index contributed by atoms with van der Waals surface area (Å²) in [4.78, 5) is 0. The van der Waals surface area contributed by atoms with Gasteiger partial charge in [-0.25, -0.2) is 0 Å². The number of rotatable bonds is 4. The summed E-state index contributed by atoms with van der Waals surface area (Å²) in [5, 5.41) is 2.57. The highest BCUT2D eigenvalue weighted by molar-refractivity contribution is 6.10. The Bertz CT molecular complexity index is 2090. The van der Waals surface area contributed by atoms with Crippen molar-refractivity contribution in [1.82, 2.24) is 4.57 Å². The van der Waals surface area contributed by atoms with Crippen molar-refractivity contribution in [1.29, 1.82) is 0 Å². The highest BCUT2D eigenvalue weighted by atomic mass is 15.0. The van der Waals surface area contributed by atoms with E-state index < -0.39 is 0 Å². The third-order valence-corrected chi connectivity index (χ3v) is 9.00. The van der Waals surface area contributed by atoms with Crippen LogP contribution in [0.15, 0.2) is 140 Å². The SMILES string of the molecule is CC1(C)c2ccccc2-c2ccc(Cc3cccc(-c4ccc5c6ccccc6n(-c6ccccc6)c5c4)c3)cc21. The first-order valence-corrected chi connectivity index (χ1v) is 14.5. The number of hydrogen-bond acceptors (Lipinski definition) is 0. The van der Waals surface area contributed by atoms with Crippen LogP contribution < -0.4 is 0 Å². The normalized spacial score (nSPS) is 13.4. The van der Waals surface area contributed by atoms with Crippen LogP contribution in [0.3, 0.4) is 0 Å². The number of nitrogens with zero attached hydrogens (tertiary/aromatic N) is 1. The van der Waals surface area contributed by atoms with Crippen molar-refractivity contribution >= 4 is 21.8 Å². The fourth-order valence-electron chi connectivity index (χ4n) is 6.96. The number of para-hydroxylation sites is 2. The fraction of sp³-hybridized carbons (Fsp3) is 0.100. The minimum atomic E-state index is 0.0242. The molecule has 0 saturated carbocycles. The summed E-state index contributed by atoms with van der Waals surface area (Å²) >= 11 is 0. The molecule has 6 aromatic carbocycles. The van der Waals surface area contributed by atoms with Crippen molar-refractivity contribution in [2.24, 2.45) is 0 Å². The Morgan fingerprint density at radius 1 is 0.488 bits per heavy atom. The van der Waals surface area contributed by atoms with Crippen molar-refractivity contribution in [2.75, 3.05) is 0 Å². The van der Waals surface area contributed by atoms with E-state index in [2.05, 4.69) is 158 Å². The number of aromatic nitrogens is 1. The van der Waals surface area contributed by atoms with E-state index in [1.807, 2.05) is 0 Å². The van der Waals surface area contributed by atoms with Crippen molar-refractivity contribution in [3.8, 4) is 27.9 Å². The molecular weight excluding hydrogens is 494 g/mol. The third kappa shape index (κ3) is 3.77. The molecule has 0 amide bonds. The van der Waals surface area contributed by atoms with E-state index in [1.165, 1.54) is 72.0 Å². The lowest BCUT2D eigenvalue weighted by Crippen LogP contribution is -2.15. The monoisotopic (exact) mass is 525 g/mol. The Morgan fingerprint density at radius 3 is 2.10 bits per heavy atom. The minimum absolute atomic E-state index is 0.0242. The van der Waals surface area contributed by atoms with Crippen LogP contribution in [0.5, 0.6) is 0 Å². The second-order valence-electron chi connectivity index (χ2n) is 11.8. The van der Waals surface area contributed by atoms with Gasteiger partial charge < -0.3 is 4.57 Å². The Morgan fingerprint density at radius 2 is 1.20 bits per heavy atom. The summed E-state index contributed by atoms with van der Waals surface area (Å²) in [6, 6.07) is 51.3. The third-order valence-electron chi connectivity index (χ3n) is 9.00. The van der Waals surface area contributed by atoms with Gasteiger partial charge in [-0.1, -0.05) is 129 Å². The smallest absolute Gasteiger partial charge is 0.0547 e. The molecule has 8 rings (SSSR count). The van der Waals surface area contributed by atoms with Crippen LogP contribution in [0.1, 0.15) is 36.1 Å². The molecular formula is C40H31N. The quantitative estimate of drug-likeness (QED) is 0.215. The van der Waals surface area contributed by atoms with E-state index in [0.717, 1.165) is 6.42 Å². The van der Waals surface area contributed by atoms with E-state index >= 15 is 0 Å².